The van der Waals surface area contributed by atoms with Gasteiger partial charge in [0.1, 0.15) is 6.04 Å². The van der Waals surface area contributed by atoms with E-state index in [4.69, 9.17) is 4.52 Å². The zero-order valence-corrected chi connectivity index (χ0v) is 17.1. The van der Waals surface area contributed by atoms with E-state index < -0.39 is 15.9 Å². The predicted octanol–water partition coefficient (Wildman–Crippen LogP) is 1.82. The van der Waals surface area contributed by atoms with Crippen molar-refractivity contribution >= 4 is 15.7 Å². The standard InChI is InChI=1S/C21H22N4O4S/c26-21(22-15-18-23-20(24-29-18)17-9-5-2-6-10-17)19(16-7-3-1-4-8-16)25-11-13-30(27,28)14-12-25/h1-10,19H,11-15H2,(H,22,26). The third kappa shape index (κ3) is 4.74. The second kappa shape index (κ2) is 8.76. The van der Waals surface area contributed by atoms with Gasteiger partial charge in [-0.2, -0.15) is 4.98 Å². The number of carbonyl (C=O) groups is 1. The van der Waals surface area contributed by atoms with Gasteiger partial charge in [0.25, 0.3) is 0 Å². The molecule has 0 radical (unpaired) electrons. The lowest BCUT2D eigenvalue weighted by atomic mass is 10.0. The average Bonchev–Trinajstić information content (AvgIpc) is 3.24. The summed E-state index contributed by atoms with van der Waals surface area (Å²) in [5.41, 5.74) is 1.64. The second-order valence-electron chi connectivity index (χ2n) is 7.10. The van der Waals surface area contributed by atoms with Crippen LogP contribution < -0.4 is 5.32 Å². The second-order valence-corrected chi connectivity index (χ2v) is 9.40. The molecular weight excluding hydrogens is 404 g/mol. The molecule has 8 nitrogen and oxygen atoms in total. The molecule has 1 aromatic heterocycles. The Morgan fingerprint density at radius 3 is 2.33 bits per heavy atom. The topological polar surface area (TPSA) is 105 Å². The molecule has 1 aliphatic rings. The van der Waals surface area contributed by atoms with Crippen LogP contribution in [0.15, 0.2) is 65.2 Å². The minimum Gasteiger partial charge on any atom is -0.345 e. The molecule has 1 fully saturated rings. The molecule has 156 valence electrons. The third-order valence-corrected chi connectivity index (χ3v) is 6.63. The van der Waals surface area contributed by atoms with Crippen molar-refractivity contribution in [1.82, 2.24) is 20.4 Å². The highest BCUT2D eigenvalue weighted by molar-refractivity contribution is 7.91. The molecule has 9 heteroatoms. The largest absolute Gasteiger partial charge is 0.345 e. The molecule has 1 unspecified atom stereocenters. The van der Waals surface area contributed by atoms with Gasteiger partial charge in [-0.1, -0.05) is 65.8 Å². The highest BCUT2D eigenvalue weighted by Gasteiger charge is 2.32. The fraction of sp³-hybridized carbons (Fsp3) is 0.286. The van der Waals surface area contributed by atoms with Gasteiger partial charge in [0.05, 0.1) is 18.1 Å². The van der Waals surface area contributed by atoms with Crippen LogP contribution in [-0.2, 0) is 21.2 Å². The number of hydrogen-bond acceptors (Lipinski definition) is 7. The molecule has 1 aliphatic heterocycles. The number of amides is 1. The first-order valence-corrected chi connectivity index (χ1v) is 11.5. The maximum atomic E-state index is 13.1. The molecule has 2 aromatic carbocycles. The first-order chi connectivity index (χ1) is 14.5. The van der Waals surface area contributed by atoms with E-state index in [9.17, 15) is 13.2 Å². The average molecular weight is 426 g/mol. The van der Waals surface area contributed by atoms with Crippen molar-refractivity contribution in [2.45, 2.75) is 12.6 Å². The number of nitrogens with zero attached hydrogens (tertiary/aromatic N) is 3. The number of nitrogens with one attached hydrogen (secondary N) is 1. The summed E-state index contributed by atoms with van der Waals surface area (Å²) in [6.07, 6.45) is 0. The highest BCUT2D eigenvalue weighted by atomic mass is 32.2. The smallest absolute Gasteiger partial charge is 0.246 e. The van der Waals surface area contributed by atoms with E-state index in [0.717, 1.165) is 11.1 Å². The Bertz CT molecular complexity index is 1090. The molecule has 0 bridgehead atoms. The third-order valence-electron chi connectivity index (χ3n) is 5.02. The van der Waals surface area contributed by atoms with Gasteiger partial charge in [-0.15, -0.1) is 0 Å². The summed E-state index contributed by atoms with van der Waals surface area (Å²) in [6, 6.07) is 18.2. The quantitative estimate of drug-likeness (QED) is 0.641. The van der Waals surface area contributed by atoms with Crippen molar-refractivity contribution in [3.8, 4) is 11.4 Å². The molecule has 1 atom stereocenters. The van der Waals surface area contributed by atoms with Crippen LogP contribution in [0.3, 0.4) is 0 Å². The van der Waals surface area contributed by atoms with E-state index >= 15 is 0 Å². The molecule has 1 saturated heterocycles. The van der Waals surface area contributed by atoms with Gasteiger partial charge in [-0.3, -0.25) is 9.69 Å². The van der Waals surface area contributed by atoms with Gasteiger partial charge < -0.3 is 9.84 Å². The minimum atomic E-state index is -3.04. The summed E-state index contributed by atoms with van der Waals surface area (Å²) < 4.78 is 28.9. The molecule has 30 heavy (non-hydrogen) atoms. The van der Waals surface area contributed by atoms with Crippen LogP contribution in [-0.4, -0.2) is 54.0 Å². The number of aromatic nitrogens is 2. The molecule has 0 aliphatic carbocycles. The van der Waals surface area contributed by atoms with Gasteiger partial charge in [0, 0.05) is 18.7 Å². The first kappa shape index (κ1) is 20.2. The number of sulfone groups is 1. The molecule has 1 N–H and O–H groups in total. The Kier molecular flexibility index (Phi) is 5.91. The van der Waals surface area contributed by atoms with Crippen LogP contribution >= 0.6 is 0 Å². The molecule has 1 amide bonds. The van der Waals surface area contributed by atoms with E-state index in [1.54, 1.807) is 0 Å². The molecular formula is C21H22N4O4S. The SMILES string of the molecule is O=C(NCc1nc(-c2ccccc2)no1)C(c1ccccc1)N1CCS(=O)(=O)CC1. The van der Waals surface area contributed by atoms with Crippen LogP contribution in [0.5, 0.6) is 0 Å². The number of rotatable bonds is 6. The molecule has 3 aromatic rings. The summed E-state index contributed by atoms with van der Waals surface area (Å²) in [7, 11) is -3.04. The minimum absolute atomic E-state index is 0.0493. The summed E-state index contributed by atoms with van der Waals surface area (Å²) in [4.78, 5) is 19.3. The van der Waals surface area contributed by atoms with Gasteiger partial charge >= 0.3 is 0 Å². The highest BCUT2D eigenvalue weighted by Crippen LogP contribution is 2.23. The van der Waals surface area contributed by atoms with Gasteiger partial charge in [0.2, 0.25) is 17.6 Å². The predicted molar refractivity (Wildman–Crippen MR) is 111 cm³/mol. The Morgan fingerprint density at radius 1 is 1.03 bits per heavy atom. The van der Waals surface area contributed by atoms with Crippen LogP contribution in [0.1, 0.15) is 17.5 Å². The van der Waals surface area contributed by atoms with E-state index in [2.05, 4.69) is 15.5 Å². The summed E-state index contributed by atoms with van der Waals surface area (Å²) >= 11 is 0. The molecule has 4 rings (SSSR count). The van der Waals surface area contributed by atoms with Gasteiger partial charge in [0.15, 0.2) is 9.84 Å². The lowest BCUT2D eigenvalue weighted by Gasteiger charge is -2.33. The lowest BCUT2D eigenvalue weighted by molar-refractivity contribution is -0.127. The van der Waals surface area contributed by atoms with Crippen LogP contribution in [0.25, 0.3) is 11.4 Å². The zero-order chi connectivity index (χ0) is 21.0. The summed E-state index contributed by atoms with van der Waals surface area (Å²) in [6.45, 7) is 0.718. The Hall–Kier alpha value is -3.04. The van der Waals surface area contributed by atoms with E-state index in [-0.39, 0.29) is 24.0 Å². The maximum absolute atomic E-state index is 13.1. The fourth-order valence-electron chi connectivity index (χ4n) is 3.44. The number of carbonyl (C=O) groups excluding carboxylic acids is 1. The Balaban J connectivity index is 1.47. The summed E-state index contributed by atoms with van der Waals surface area (Å²) in [5, 5.41) is 6.81. The van der Waals surface area contributed by atoms with E-state index in [1.165, 1.54) is 0 Å². The molecule has 0 spiro atoms. The van der Waals surface area contributed by atoms with Crippen molar-refractivity contribution in [2.24, 2.45) is 0 Å². The molecule has 0 saturated carbocycles. The van der Waals surface area contributed by atoms with Crippen molar-refractivity contribution in [3.63, 3.8) is 0 Å². The van der Waals surface area contributed by atoms with Crippen molar-refractivity contribution in [2.75, 3.05) is 24.6 Å². The van der Waals surface area contributed by atoms with Crippen LogP contribution in [0.2, 0.25) is 0 Å². The molecule has 2 heterocycles. The van der Waals surface area contributed by atoms with Gasteiger partial charge in [-0.25, -0.2) is 8.42 Å². The van der Waals surface area contributed by atoms with Crippen molar-refractivity contribution < 1.29 is 17.7 Å². The maximum Gasteiger partial charge on any atom is 0.246 e. The van der Waals surface area contributed by atoms with Crippen molar-refractivity contribution in [3.05, 3.63) is 72.1 Å². The van der Waals surface area contributed by atoms with E-state index in [1.807, 2.05) is 65.6 Å². The fourth-order valence-corrected chi connectivity index (χ4v) is 4.67. The normalized spacial score (nSPS) is 17.3. The van der Waals surface area contributed by atoms with Crippen molar-refractivity contribution in [1.29, 1.82) is 0 Å². The van der Waals surface area contributed by atoms with Crippen LogP contribution in [0, 0.1) is 0 Å². The van der Waals surface area contributed by atoms with E-state index in [0.29, 0.717) is 24.8 Å². The number of benzene rings is 2. The van der Waals surface area contributed by atoms with Crippen LogP contribution in [0.4, 0.5) is 0 Å². The Labute approximate surface area is 174 Å². The zero-order valence-electron chi connectivity index (χ0n) is 16.3. The van der Waals surface area contributed by atoms with Gasteiger partial charge in [-0.05, 0) is 5.56 Å². The monoisotopic (exact) mass is 426 g/mol. The number of hydrogen-bond donors (Lipinski definition) is 1. The lowest BCUT2D eigenvalue weighted by Crippen LogP contribution is -2.47. The Morgan fingerprint density at radius 2 is 1.67 bits per heavy atom. The first-order valence-electron chi connectivity index (χ1n) is 9.67. The summed E-state index contributed by atoms with van der Waals surface area (Å²) in [5.74, 6) is 0.623.